The van der Waals surface area contributed by atoms with Crippen LogP contribution in [-0.4, -0.2) is 30.8 Å². The van der Waals surface area contributed by atoms with E-state index >= 15 is 0 Å². The molecule has 0 spiro atoms. The highest BCUT2D eigenvalue weighted by atomic mass is 32.2. The molecule has 3 heteroatoms. The maximum absolute atomic E-state index is 4.71. The molecule has 0 saturated carbocycles. The molecule has 2 saturated heterocycles. The van der Waals surface area contributed by atoms with Crippen molar-refractivity contribution < 1.29 is 4.74 Å². The maximum atomic E-state index is 4.71. The fraction of sp³-hybridized carbons (Fsp3) is 0.857. The summed E-state index contributed by atoms with van der Waals surface area (Å²) in [6.07, 6.45) is 2.33. The molecule has 2 heterocycles. The molecular formula is C14H35NOS. The molecule has 17 heavy (non-hydrogen) atoms. The molecule has 0 radical (unpaired) electrons. The average molecular weight is 266 g/mol. The minimum atomic E-state index is 0.583. The Morgan fingerprint density at radius 1 is 1.18 bits per heavy atom. The highest BCUT2D eigenvalue weighted by Gasteiger charge is 2.13. The van der Waals surface area contributed by atoms with Gasteiger partial charge in [-0.05, 0) is 20.9 Å². The number of hydrogen-bond acceptors (Lipinski definition) is 3. The summed E-state index contributed by atoms with van der Waals surface area (Å²) in [5.41, 5.74) is 4.50. The summed E-state index contributed by atoms with van der Waals surface area (Å²) in [5.74, 6) is 1.40. The first-order valence-electron chi connectivity index (χ1n) is 6.58. The summed E-state index contributed by atoms with van der Waals surface area (Å²) < 4.78 is 4.71. The minimum Gasteiger partial charge on any atom is -0.373 e. The van der Waals surface area contributed by atoms with E-state index in [0.29, 0.717) is 6.10 Å². The second-order valence-corrected chi connectivity index (χ2v) is 4.17. The van der Waals surface area contributed by atoms with E-state index in [0.717, 1.165) is 11.9 Å². The van der Waals surface area contributed by atoms with E-state index in [1.807, 2.05) is 46.4 Å². The lowest BCUT2D eigenvalue weighted by Gasteiger charge is -1.51. The Morgan fingerprint density at radius 3 is 1.29 bits per heavy atom. The van der Waals surface area contributed by atoms with Crippen LogP contribution in [0, 0.1) is 0 Å². The van der Waals surface area contributed by atoms with Crippen LogP contribution in [0.5, 0.6) is 0 Å². The average Bonchev–Trinajstić information content (AvgIpc) is 3.30. The van der Waals surface area contributed by atoms with Crippen molar-refractivity contribution in [3.8, 4) is 0 Å². The van der Waals surface area contributed by atoms with Crippen LogP contribution in [0.25, 0.3) is 0 Å². The SMILES string of the molecule is C=CC.CC.CC.CC1CO1.CC1CS1.CN. The standard InChI is InChI=1S/C3H6O.C3H6S.C3H6.2C2H6.CH5N/c2*1-3-2-4-3;1-3-2;3*1-2/h2*3H,2H2,1H3;3H,1H2,2H3;2*1-2H3;2H2,1H3. The fourth-order valence-electron chi connectivity index (χ4n) is 0.192. The second-order valence-electron chi connectivity index (χ2n) is 2.70. The molecule has 2 N–H and O–H groups in total. The number of hydrogen-bond donors (Lipinski definition) is 1. The minimum absolute atomic E-state index is 0.583. The van der Waals surface area contributed by atoms with Crippen LogP contribution in [0.2, 0.25) is 0 Å². The summed E-state index contributed by atoms with van der Waals surface area (Å²) in [6, 6.07) is 0. The van der Waals surface area contributed by atoms with Gasteiger partial charge in [-0.3, -0.25) is 0 Å². The zero-order valence-electron chi connectivity index (χ0n) is 13.2. The third kappa shape index (κ3) is 87.0. The molecule has 0 aromatic carbocycles. The lowest BCUT2D eigenvalue weighted by Crippen LogP contribution is -1.69. The largest absolute Gasteiger partial charge is 0.373 e. The van der Waals surface area contributed by atoms with Crippen LogP contribution < -0.4 is 5.73 Å². The predicted molar refractivity (Wildman–Crippen MR) is 86.0 cm³/mol. The summed E-state index contributed by atoms with van der Waals surface area (Å²) in [7, 11) is 1.50. The Bertz CT molecular complexity index is 92.4. The molecule has 0 aromatic heterocycles. The third-order valence-corrected chi connectivity index (χ3v) is 2.00. The van der Waals surface area contributed by atoms with Crippen molar-refractivity contribution in [3.05, 3.63) is 12.7 Å². The second kappa shape index (κ2) is 29.8. The van der Waals surface area contributed by atoms with Gasteiger partial charge in [0.1, 0.15) is 0 Å². The molecule has 2 aliphatic rings. The number of thioether (sulfide) groups is 1. The van der Waals surface area contributed by atoms with E-state index in [4.69, 9.17) is 4.74 Å². The first-order valence-corrected chi connectivity index (χ1v) is 7.63. The lowest BCUT2D eigenvalue weighted by atomic mass is 10.6. The number of epoxide rings is 1. The monoisotopic (exact) mass is 265 g/mol. The Morgan fingerprint density at radius 2 is 1.29 bits per heavy atom. The van der Waals surface area contributed by atoms with Crippen molar-refractivity contribution in [3.63, 3.8) is 0 Å². The summed E-state index contributed by atoms with van der Waals surface area (Å²) >= 11 is 2.02. The van der Waals surface area contributed by atoms with Crippen molar-refractivity contribution >= 4 is 11.8 Å². The van der Waals surface area contributed by atoms with E-state index in [-0.39, 0.29) is 0 Å². The predicted octanol–water partition coefficient (Wildman–Crippen LogP) is 4.35. The van der Waals surface area contributed by atoms with Crippen LogP contribution in [0.15, 0.2) is 12.7 Å². The molecule has 0 aliphatic carbocycles. The number of nitrogens with two attached hydrogens (primary N) is 1. The molecule has 2 rings (SSSR count). The zero-order valence-corrected chi connectivity index (χ0v) is 14.1. The van der Waals surface area contributed by atoms with Crippen LogP contribution >= 0.6 is 11.8 Å². The normalized spacial score (nSPS) is 20.5. The lowest BCUT2D eigenvalue weighted by molar-refractivity contribution is 0.423. The van der Waals surface area contributed by atoms with Crippen LogP contribution in [-0.2, 0) is 4.74 Å². The van der Waals surface area contributed by atoms with Gasteiger partial charge in [0.15, 0.2) is 0 Å². The highest BCUT2D eigenvalue weighted by Crippen LogP contribution is 2.28. The molecule has 0 bridgehead atoms. The third-order valence-electron chi connectivity index (χ3n) is 1.00. The van der Waals surface area contributed by atoms with Crippen molar-refractivity contribution in [2.45, 2.75) is 59.8 Å². The van der Waals surface area contributed by atoms with E-state index < -0.39 is 0 Å². The molecular weight excluding hydrogens is 230 g/mol. The highest BCUT2D eigenvalue weighted by molar-refractivity contribution is 8.06. The van der Waals surface area contributed by atoms with Gasteiger partial charge in [-0.15, -0.1) is 6.58 Å². The van der Waals surface area contributed by atoms with Gasteiger partial charge in [-0.2, -0.15) is 11.8 Å². The van der Waals surface area contributed by atoms with Gasteiger partial charge in [0.2, 0.25) is 0 Å². The number of allylic oxidation sites excluding steroid dienone is 1. The number of rotatable bonds is 0. The van der Waals surface area contributed by atoms with E-state index in [2.05, 4.69) is 26.2 Å². The van der Waals surface area contributed by atoms with Gasteiger partial charge in [-0.1, -0.05) is 40.7 Å². The Hall–Kier alpha value is 0.01000. The summed E-state index contributed by atoms with van der Waals surface area (Å²) in [4.78, 5) is 0. The van der Waals surface area contributed by atoms with Gasteiger partial charge in [0.05, 0.1) is 12.7 Å². The van der Waals surface area contributed by atoms with Crippen molar-refractivity contribution in [1.82, 2.24) is 0 Å². The molecule has 0 aromatic rings. The Labute approximate surface area is 114 Å². The van der Waals surface area contributed by atoms with Gasteiger partial charge >= 0.3 is 0 Å². The smallest absolute Gasteiger partial charge is 0.0781 e. The zero-order chi connectivity index (χ0) is 14.7. The first-order chi connectivity index (χ1) is 8.20. The van der Waals surface area contributed by atoms with Crippen LogP contribution in [0.4, 0.5) is 0 Å². The Balaban J connectivity index is -0.0000000623. The molecule has 2 atom stereocenters. The van der Waals surface area contributed by atoms with Crippen molar-refractivity contribution in [2.75, 3.05) is 19.4 Å². The van der Waals surface area contributed by atoms with E-state index in [1.54, 1.807) is 6.08 Å². The maximum Gasteiger partial charge on any atom is 0.0781 e. The van der Waals surface area contributed by atoms with Crippen LogP contribution in [0.3, 0.4) is 0 Å². The van der Waals surface area contributed by atoms with Crippen LogP contribution in [0.1, 0.15) is 48.5 Å². The van der Waals surface area contributed by atoms with E-state index in [9.17, 15) is 0 Å². The van der Waals surface area contributed by atoms with Gasteiger partial charge in [0, 0.05) is 11.0 Å². The topological polar surface area (TPSA) is 38.5 Å². The molecule has 2 aliphatic heterocycles. The van der Waals surface area contributed by atoms with E-state index in [1.165, 1.54) is 12.8 Å². The van der Waals surface area contributed by atoms with Gasteiger partial charge in [0.25, 0.3) is 0 Å². The summed E-state index contributed by atoms with van der Waals surface area (Å²) in [5, 5.41) is 1.000. The quantitative estimate of drug-likeness (QED) is 0.523. The van der Waals surface area contributed by atoms with Gasteiger partial charge in [-0.25, -0.2) is 0 Å². The van der Waals surface area contributed by atoms with Crippen molar-refractivity contribution in [2.24, 2.45) is 5.73 Å². The molecule has 2 nitrogen and oxygen atoms in total. The molecule has 2 unspecified atom stereocenters. The Kier molecular flexibility index (Phi) is 45.1. The molecule has 2 fully saturated rings. The fourth-order valence-corrected chi connectivity index (χ4v) is 0.385. The number of ether oxygens (including phenoxy) is 1. The first kappa shape index (κ1) is 25.8. The summed E-state index contributed by atoms with van der Waals surface area (Å²) in [6.45, 7) is 18.5. The molecule has 108 valence electrons. The molecule has 0 amide bonds. The van der Waals surface area contributed by atoms with Gasteiger partial charge < -0.3 is 10.5 Å². The van der Waals surface area contributed by atoms with Crippen molar-refractivity contribution in [1.29, 1.82) is 0 Å².